The van der Waals surface area contributed by atoms with Crippen LogP contribution in [0.4, 0.5) is 13.2 Å². The minimum Gasteiger partial charge on any atom is -0.496 e. The zero-order valence-electron chi connectivity index (χ0n) is 8.41. The number of carbonyl (C=O) groups is 1. The molecule has 0 unspecified atom stereocenters. The second-order valence-electron chi connectivity index (χ2n) is 3.52. The van der Waals surface area contributed by atoms with Crippen molar-refractivity contribution in [2.24, 2.45) is 0 Å². The molecule has 0 saturated heterocycles. The molecule has 17 heavy (non-hydrogen) atoms. The smallest absolute Gasteiger partial charge is 0.416 e. The standard InChI is InChI=1S/C11H7F3O3/c12-11(13,14)7-2-1-6-4-17-5-9(10(15)16)8(6)3-7/h1-3,5H,4H2,(H,15,16). The third-order valence-corrected chi connectivity index (χ3v) is 2.40. The third kappa shape index (κ3) is 2.11. The van der Waals surface area contributed by atoms with Crippen molar-refractivity contribution in [3.8, 4) is 0 Å². The Morgan fingerprint density at radius 2 is 2.06 bits per heavy atom. The van der Waals surface area contributed by atoms with Gasteiger partial charge < -0.3 is 9.84 Å². The number of hydrogen-bond acceptors (Lipinski definition) is 2. The Hall–Kier alpha value is -1.98. The molecule has 1 heterocycles. The minimum absolute atomic E-state index is 0.0542. The quantitative estimate of drug-likeness (QED) is 0.826. The molecule has 0 amide bonds. The first-order valence-corrected chi connectivity index (χ1v) is 4.65. The van der Waals surface area contributed by atoms with Crippen LogP contribution in [0.15, 0.2) is 24.5 Å². The van der Waals surface area contributed by atoms with Gasteiger partial charge in [-0.25, -0.2) is 4.79 Å². The normalized spacial score (nSPS) is 14.6. The molecule has 1 aromatic rings. The van der Waals surface area contributed by atoms with Crippen molar-refractivity contribution in [3.05, 3.63) is 41.2 Å². The fourth-order valence-electron chi connectivity index (χ4n) is 1.57. The van der Waals surface area contributed by atoms with E-state index in [0.717, 1.165) is 18.4 Å². The lowest BCUT2D eigenvalue weighted by molar-refractivity contribution is -0.137. The molecular weight excluding hydrogens is 237 g/mol. The van der Waals surface area contributed by atoms with E-state index in [1.165, 1.54) is 6.07 Å². The van der Waals surface area contributed by atoms with Gasteiger partial charge in [-0.15, -0.1) is 0 Å². The number of fused-ring (bicyclic) bond motifs is 1. The number of carboxylic acids is 1. The number of benzene rings is 1. The largest absolute Gasteiger partial charge is 0.496 e. The molecule has 90 valence electrons. The fourth-order valence-corrected chi connectivity index (χ4v) is 1.57. The van der Waals surface area contributed by atoms with Crippen LogP contribution in [0.2, 0.25) is 0 Å². The van der Waals surface area contributed by atoms with Gasteiger partial charge in [0.25, 0.3) is 0 Å². The van der Waals surface area contributed by atoms with Gasteiger partial charge in [0.1, 0.15) is 12.2 Å². The second-order valence-corrected chi connectivity index (χ2v) is 3.52. The lowest BCUT2D eigenvalue weighted by Crippen LogP contribution is -2.12. The number of rotatable bonds is 1. The Morgan fingerprint density at radius 1 is 1.35 bits per heavy atom. The summed E-state index contributed by atoms with van der Waals surface area (Å²) in [5.74, 6) is -1.31. The molecule has 0 spiro atoms. The predicted octanol–water partition coefficient (Wildman–Crippen LogP) is 2.66. The molecule has 1 N–H and O–H groups in total. The summed E-state index contributed by atoms with van der Waals surface area (Å²) in [4.78, 5) is 10.8. The van der Waals surface area contributed by atoms with E-state index < -0.39 is 17.7 Å². The van der Waals surface area contributed by atoms with E-state index in [1.807, 2.05) is 0 Å². The summed E-state index contributed by atoms with van der Waals surface area (Å²) >= 11 is 0. The second kappa shape index (κ2) is 3.80. The van der Waals surface area contributed by atoms with Crippen molar-refractivity contribution < 1.29 is 27.8 Å². The Morgan fingerprint density at radius 3 is 2.65 bits per heavy atom. The lowest BCUT2D eigenvalue weighted by Gasteiger charge is -2.17. The predicted molar refractivity (Wildman–Crippen MR) is 51.8 cm³/mol. The summed E-state index contributed by atoms with van der Waals surface area (Å²) in [7, 11) is 0. The molecule has 1 aliphatic heterocycles. The summed E-state index contributed by atoms with van der Waals surface area (Å²) in [6, 6.07) is 2.97. The SMILES string of the molecule is O=C(O)C1=COCc2ccc(C(F)(F)F)cc21. The fraction of sp³-hybridized carbons (Fsp3) is 0.182. The van der Waals surface area contributed by atoms with E-state index in [-0.39, 0.29) is 17.7 Å². The van der Waals surface area contributed by atoms with E-state index >= 15 is 0 Å². The van der Waals surface area contributed by atoms with Crippen molar-refractivity contribution in [1.82, 2.24) is 0 Å². The van der Waals surface area contributed by atoms with Crippen LogP contribution in [-0.4, -0.2) is 11.1 Å². The first-order valence-electron chi connectivity index (χ1n) is 4.65. The molecule has 0 saturated carbocycles. The number of aliphatic carboxylic acids is 1. The van der Waals surface area contributed by atoms with Gasteiger partial charge in [0, 0.05) is 0 Å². The average molecular weight is 244 g/mol. The molecule has 2 rings (SSSR count). The van der Waals surface area contributed by atoms with Crippen LogP contribution in [-0.2, 0) is 22.3 Å². The Labute approximate surface area is 94.1 Å². The van der Waals surface area contributed by atoms with Crippen molar-refractivity contribution in [3.63, 3.8) is 0 Å². The molecular formula is C11H7F3O3. The molecule has 0 bridgehead atoms. The highest BCUT2D eigenvalue weighted by Crippen LogP contribution is 2.34. The molecule has 0 aromatic heterocycles. The highest BCUT2D eigenvalue weighted by molar-refractivity contribution is 6.15. The van der Waals surface area contributed by atoms with E-state index in [0.29, 0.717) is 5.56 Å². The van der Waals surface area contributed by atoms with Crippen LogP contribution in [0.5, 0.6) is 0 Å². The van der Waals surface area contributed by atoms with Gasteiger partial charge in [0.2, 0.25) is 0 Å². The molecule has 0 atom stereocenters. The zero-order valence-corrected chi connectivity index (χ0v) is 8.41. The molecule has 1 aromatic carbocycles. The highest BCUT2D eigenvalue weighted by atomic mass is 19.4. The van der Waals surface area contributed by atoms with Crippen LogP contribution in [0, 0.1) is 0 Å². The maximum absolute atomic E-state index is 12.5. The molecule has 0 radical (unpaired) electrons. The number of ether oxygens (including phenoxy) is 1. The van der Waals surface area contributed by atoms with Crippen LogP contribution in [0.1, 0.15) is 16.7 Å². The van der Waals surface area contributed by atoms with Crippen LogP contribution in [0.3, 0.4) is 0 Å². The lowest BCUT2D eigenvalue weighted by atomic mass is 9.97. The molecule has 6 heteroatoms. The first kappa shape index (κ1) is 11.5. The summed E-state index contributed by atoms with van der Waals surface area (Å²) in [5.41, 5.74) is -0.654. The number of alkyl halides is 3. The summed E-state index contributed by atoms with van der Waals surface area (Å²) in [6.07, 6.45) is -3.53. The van der Waals surface area contributed by atoms with E-state index in [4.69, 9.17) is 9.84 Å². The minimum atomic E-state index is -4.49. The zero-order chi connectivity index (χ0) is 12.6. The maximum Gasteiger partial charge on any atom is 0.416 e. The molecule has 0 fully saturated rings. The molecule has 3 nitrogen and oxygen atoms in total. The monoisotopic (exact) mass is 244 g/mol. The number of carboxylic acid groups (broad SMARTS) is 1. The van der Waals surface area contributed by atoms with E-state index in [2.05, 4.69) is 0 Å². The summed E-state index contributed by atoms with van der Waals surface area (Å²) in [5, 5.41) is 8.85. The van der Waals surface area contributed by atoms with Crippen molar-refractivity contribution in [1.29, 1.82) is 0 Å². The van der Waals surface area contributed by atoms with E-state index in [1.54, 1.807) is 0 Å². The average Bonchev–Trinajstić information content (AvgIpc) is 2.26. The van der Waals surface area contributed by atoms with Gasteiger partial charge in [-0.1, -0.05) is 6.07 Å². The van der Waals surface area contributed by atoms with Gasteiger partial charge in [0.15, 0.2) is 0 Å². The van der Waals surface area contributed by atoms with Gasteiger partial charge >= 0.3 is 12.1 Å². The number of hydrogen-bond donors (Lipinski definition) is 1. The first-order chi connectivity index (χ1) is 7.89. The van der Waals surface area contributed by atoms with Gasteiger partial charge in [0.05, 0.1) is 11.8 Å². The van der Waals surface area contributed by atoms with Gasteiger partial charge in [-0.2, -0.15) is 13.2 Å². The van der Waals surface area contributed by atoms with Crippen LogP contribution in [0.25, 0.3) is 5.57 Å². The number of halogens is 3. The third-order valence-electron chi connectivity index (χ3n) is 2.40. The Bertz CT molecular complexity index is 503. The van der Waals surface area contributed by atoms with Crippen molar-refractivity contribution in [2.45, 2.75) is 12.8 Å². The molecule has 0 aliphatic carbocycles. The van der Waals surface area contributed by atoms with Crippen LogP contribution < -0.4 is 0 Å². The van der Waals surface area contributed by atoms with E-state index in [9.17, 15) is 18.0 Å². The van der Waals surface area contributed by atoms with Crippen molar-refractivity contribution in [2.75, 3.05) is 0 Å². The van der Waals surface area contributed by atoms with Gasteiger partial charge in [-0.3, -0.25) is 0 Å². The topological polar surface area (TPSA) is 46.5 Å². The Kier molecular flexibility index (Phi) is 2.57. The molecule has 1 aliphatic rings. The Balaban J connectivity index is 2.54. The maximum atomic E-state index is 12.5. The summed E-state index contributed by atoms with van der Waals surface area (Å²) < 4.78 is 42.3. The highest BCUT2D eigenvalue weighted by Gasteiger charge is 2.32. The van der Waals surface area contributed by atoms with Crippen molar-refractivity contribution >= 4 is 11.5 Å². The van der Waals surface area contributed by atoms with Gasteiger partial charge in [-0.05, 0) is 23.3 Å². The summed E-state index contributed by atoms with van der Waals surface area (Å²) in [6.45, 7) is 0.0737. The van der Waals surface area contributed by atoms with Crippen LogP contribution >= 0.6 is 0 Å².